The van der Waals surface area contributed by atoms with Crippen molar-refractivity contribution in [3.05, 3.63) is 39.4 Å². The molecule has 0 bridgehead atoms. The first-order valence-electron chi connectivity index (χ1n) is 7.23. The van der Waals surface area contributed by atoms with Gasteiger partial charge in [-0.05, 0) is 37.3 Å². The van der Waals surface area contributed by atoms with E-state index in [2.05, 4.69) is 33.0 Å². The van der Waals surface area contributed by atoms with Crippen LogP contribution in [0.5, 0.6) is 0 Å². The van der Waals surface area contributed by atoms with Gasteiger partial charge in [-0.2, -0.15) is 0 Å². The molecule has 0 spiro atoms. The molecule has 0 saturated carbocycles. The van der Waals surface area contributed by atoms with Gasteiger partial charge >= 0.3 is 0 Å². The summed E-state index contributed by atoms with van der Waals surface area (Å²) in [5.41, 5.74) is 2.14. The fourth-order valence-corrected chi connectivity index (χ4v) is 2.33. The second-order valence-corrected chi connectivity index (χ2v) is 6.41. The Hall–Kier alpha value is -1.42. The molecule has 1 unspecified atom stereocenters. The van der Waals surface area contributed by atoms with Crippen molar-refractivity contribution in [1.82, 2.24) is 5.32 Å². The Labute approximate surface area is 121 Å². The van der Waals surface area contributed by atoms with Crippen molar-refractivity contribution in [1.29, 1.82) is 0 Å². The molecule has 0 amide bonds. The fraction of sp³-hybridized carbons (Fsp3) is 0.625. The van der Waals surface area contributed by atoms with E-state index in [4.69, 9.17) is 0 Å². The summed E-state index contributed by atoms with van der Waals surface area (Å²) in [6.45, 7) is 11.5. The summed E-state index contributed by atoms with van der Waals surface area (Å²) in [6, 6.07) is 5.52. The van der Waals surface area contributed by atoms with E-state index in [0.29, 0.717) is 6.42 Å². The van der Waals surface area contributed by atoms with Gasteiger partial charge in [0, 0.05) is 17.7 Å². The summed E-state index contributed by atoms with van der Waals surface area (Å²) in [6.07, 6.45) is 1.74. The van der Waals surface area contributed by atoms with Gasteiger partial charge in [0.2, 0.25) is 0 Å². The van der Waals surface area contributed by atoms with E-state index in [1.54, 1.807) is 12.1 Å². The maximum absolute atomic E-state index is 11.2. The molecule has 1 atom stereocenters. The molecule has 1 aromatic carbocycles. The lowest BCUT2D eigenvalue weighted by atomic mass is 9.82. The van der Waals surface area contributed by atoms with Crippen LogP contribution in [0.2, 0.25) is 0 Å². The van der Waals surface area contributed by atoms with Gasteiger partial charge in [-0.15, -0.1) is 0 Å². The first kappa shape index (κ1) is 16.6. The van der Waals surface area contributed by atoms with Crippen molar-refractivity contribution < 1.29 is 4.92 Å². The summed E-state index contributed by atoms with van der Waals surface area (Å²) in [7, 11) is 0. The smallest absolute Gasteiger partial charge is 0.272 e. The number of nitro groups is 1. The van der Waals surface area contributed by atoms with E-state index in [-0.39, 0.29) is 22.1 Å². The predicted octanol–water partition coefficient (Wildman–Crippen LogP) is 3.86. The molecule has 1 N–H and O–H groups in total. The maximum Gasteiger partial charge on any atom is 0.272 e. The Balaban J connectivity index is 3.07. The minimum atomic E-state index is -0.276. The minimum Gasteiger partial charge on any atom is -0.313 e. The number of rotatable bonds is 6. The molecule has 0 aliphatic rings. The predicted molar refractivity (Wildman–Crippen MR) is 83.1 cm³/mol. The van der Waals surface area contributed by atoms with Gasteiger partial charge in [0.05, 0.1) is 4.92 Å². The van der Waals surface area contributed by atoms with Gasteiger partial charge < -0.3 is 5.32 Å². The number of hydrogen-bond acceptors (Lipinski definition) is 3. The van der Waals surface area contributed by atoms with Crippen LogP contribution >= 0.6 is 0 Å². The number of hydrogen-bond donors (Lipinski definition) is 1. The van der Waals surface area contributed by atoms with Crippen molar-refractivity contribution in [2.45, 2.75) is 53.5 Å². The number of nitrogens with zero attached hydrogens (tertiary/aromatic N) is 1. The quantitative estimate of drug-likeness (QED) is 0.635. The molecule has 0 aliphatic heterocycles. The van der Waals surface area contributed by atoms with Crippen LogP contribution in [0.3, 0.4) is 0 Å². The van der Waals surface area contributed by atoms with Crippen LogP contribution in [0.25, 0.3) is 0 Å². The molecule has 112 valence electrons. The normalized spacial score (nSPS) is 13.2. The van der Waals surface area contributed by atoms with Gasteiger partial charge in [-0.25, -0.2) is 0 Å². The number of nitro benzene ring substituents is 1. The van der Waals surface area contributed by atoms with E-state index in [0.717, 1.165) is 24.1 Å². The number of nitrogens with one attached hydrogen (secondary N) is 1. The molecular formula is C16H26N2O2. The third-order valence-electron chi connectivity index (χ3n) is 3.68. The van der Waals surface area contributed by atoms with E-state index >= 15 is 0 Å². The lowest BCUT2D eigenvalue weighted by Crippen LogP contribution is -2.42. The molecule has 4 nitrogen and oxygen atoms in total. The highest BCUT2D eigenvalue weighted by Crippen LogP contribution is 2.28. The Morgan fingerprint density at radius 1 is 1.35 bits per heavy atom. The largest absolute Gasteiger partial charge is 0.313 e. The van der Waals surface area contributed by atoms with Crippen LogP contribution in [0, 0.1) is 22.5 Å². The number of benzene rings is 1. The molecule has 4 heteroatoms. The second-order valence-electron chi connectivity index (χ2n) is 6.41. The third-order valence-corrected chi connectivity index (χ3v) is 3.68. The zero-order chi connectivity index (χ0) is 15.3. The third kappa shape index (κ3) is 4.30. The van der Waals surface area contributed by atoms with Crippen LogP contribution in [-0.4, -0.2) is 17.5 Å². The van der Waals surface area contributed by atoms with Gasteiger partial charge in [0.1, 0.15) is 0 Å². The molecule has 0 fully saturated rings. The summed E-state index contributed by atoms with van der Waals surface area (Å²) >= 11 is 0. The number of aryl methyl sites for hydroxylation is 1. The first-order chi connectivity index (χ1) is 9.27. The van der Waals surface area contributed by atoms with Crippen molar-refractivity contribution in [2.24, 2.45) is 5.41 Å². The minimum absolute atomic E-state index is 0.0608. The van der Waals surface area contributed by atoms with Crippen LogP contribution < -0.4 is 5.32 Å². The Kier molecular flexibility index (Phi) is 5.69. The topological polar surface area (TPSA) is 55.2 Å². The van der Waals surface area contributed by atoms with Crippen LogP contribution in [0.4, 0.5) is 5.69 Å². The highest BCUT2D eigenvalue weighted by molar-refractivity contribution is 5.45. The van der Waals surface area contributed by atoms with E-state index in [1.165, 1.54) is 0 Å². The first-order valence-corrected chi connectivity index (χ1v) is 7.23. The van der Waals surface area contributed by atoms with Crippen LogP contribution in [0.1, 0.15) is 45.2 Å². The average Bonchev–Trinajstić information content (AvgIpc) is 2.34. The van der Waals surface area contributed by atoms with Gasteiger partial charge in [-0.3, -0.25) is 10.1 Å². The van der Waals surface area contributed by atoms with Crippen molar-refractivity contribution in [3.63, 3.8) is 0 Å². The highest BCUT2D eigenvalue weighted by Gasteiger charge is 2.27. The maximum atomic E-state index is 11.2. The van der Waals surface area contributed by atoms with Crippen molar-refractivity contribution in [2.75, 3.05) is 6.54 Å². The standard InChI is InChI=1S/C16H26N2O2/c1-6-10-17-15(16(3,4)5)11-13-12(2)8-7-9-14(13)18(19)20/h7-9,15,17H,6,10-11H2,1-5H3. The SMILES string of the molecule is CCCNC(Cc1c(C)cccc1[N+](=O)[O-])C(C)(C)C. The molecular weight excluding hydrogens is 252 g/mol. The van der Waals surface area contributed by atoms with E-state index < -0.39 is 0 Å². The van der Waals surface area contributed by atoms with Crippen LogP contribution in [0.15, 0.2) is 18.2 Å². The lowest BCUT2D eigenvalue weighted by Gasteiger charge is -2.32. The molecule has 1 aromatic rings. The summed E-state index contributed by atoms with van der Waals surface area (Å²) in [5, 5.41) is 14.7. The highest BCUT2D eigenvalue weighted by atomic mass is 16.6. The lowest BCUT2D eigenvalue weighted by molar-refractivity contribution is -0.385. The van der Waals surface area contributed by atoms with Gasteiger partial charge in [-0.1, -0.05) is 39.8 Å². The van der Waals surface area contributed by atoms with Crippen molar-refractivity contribution in [3.8, 4) is 0 Å². The van der Waals surface area contributed by atoms with Crippen molar-refractivity contribution >= 4 is 5.69 Å². The zero-order valence-corrected chi connectivity index (χ0v) is 13.2. The Morgan fingerprint density at radius 3 is 2.50 bits per heavy atom. The average molecular weight is 278 g/mol. The van der Waals surface area contributed by atoms with Crippen LogP contribution in [-0.2, 0) is 6.42 Å². The molecule has 0 aromatic heterocycles. The molecule has 0 heterocycles. The molecule has 20 heavy (non-hydrogen) atoms. The molecule has 0 radical (unpaired) electrons. The monoisotopic (exact) mass is 278 g/mol. The fourth-order valence-electron chi connectivity index (χ4n) is 2.33. The summed E-state index contributed by atoms with van der Waals surface area (Å²) < 4.78 is 0. The van der Waals surface area contributed by atoms with Gasteiger partial charge in [0.25, 0.3) is 5.69 Å². The molecule has 0 saturated heterocycles. The second kappa shape index (κ2) is 6.84. The van der Waals surface area contributed by atoms with E-state index in [9.17, 15) is 10.1 Å². The van der Waals surface area contributed by atoms with Gasteiger partial charge in [0.15, 0.2) is 0 Å². The zero-order valence-electron chi connectivity index (χ0n) is 13.2. The Bertz CT molecular complexity index is 464. The van der Waals surface area contributed by atoms with E-state index in [1.807, 2.05) is 13.0 Å². The molecule has 0 aliphatic carbocycles. The Morgan fingerprint density at radius 2 is 2.00 bits per heavy atom. The summed E-state index contributed by atoms with van der Waals surface area (Å²) in [5.74, 6) is 0. The molecule has 1 rings (SSSR count). The summed E-state index contributed by atoms with van der Waals surface area (Å²) in [4.78, 5) is 10.9.